The lowest BCUT2D eigenvalue weighted by Crippen LogP contribution is -2.18. The first kappa shape index (κ1) is 19.9. The minimum Gasteiger partial charge on any atom is -0.495 e. The Morgan fingerprint density at radius 2 is 1.59 bits per heavy atom. The van der Waals surface area contributed by atoms with Gasteiger partial charge in [0.15, 0.2) is 0 Å². The van der Waals surface area contributed by atoms with E-state index in [2.05, 4.69) is 22.8 Å². The number of hydrogen-bond acceptors (Lipinski definition) is 3. The molecule has 0 unspecified atom stereocenters. The highest BCUT2D eigenvalue weighted by atomic mass is 16.5. The van der Waals surface area contributed by atoms with Gasteiger partial charge in [-0.3, -0.25) is 9.59 Å². The van der Waals surface area contributed by atoms with Crippen LogP contribution in [-0.4, -0.2) is 26.0 Å². The van der Waals surface area contributed by atoms with E-state index in [-0.39, 0.29) is 11.8 Å². The Morgan fingerprint density at radius 3 is 2.24 bits per heavy atom. The minimum atomic E-state index is -0.289. The van der Waals surface area contributed by atoms with Crippen molar-refractivity contribution >= 4 is 23.6 Å². The van der Waals surface area contributed by atoms with Crippen LogP contribution in [0.5, 0.6) is 5.75 Å². The molecule has 0 aliphatic heterocycles. The molecular formula is C24H22N2O3. The monoisotopic (exact) mass is 386 g/mol. The molecule has 0 aliphatic carbocycles. The normalized spacial score (nSPS) is 10.6. The Balaban J connectivity index is 1.67. The van der Waals surface area contributed by atoms with Gasteiger partial charge in [-0.1, -0.05) is 54.6 Å². The van der Waals surface area contributed by atoms with Gasteiger partial charge in [0.1, 0.15) is 5.75 Å². The molecule has 3 aromatic rings. The number of hydrogen-bond donors (Lipinski definition) is 2. The molecule has 0 spiro atoms. The van der Waals surface area contributed by atoms with E-state index in [1.807, 2.05) is 42.5 Å². The summed E-state index contributed by atoms with van der Waals surface area (Å²) in [6.07, 6.45) is 3.21. The van der Waals surface area contributed by atoms with Gasteiger partial charge in [-0.15, -0.1) is 0 Å². The number of rotatable bonds is 6. The highest BCUT2D eigenvalue weighted by molar-refractivity contribution is 6.03. The summed E-state index contributed by atoms with van der Waals surface area (Å²) in [4.78, 5) is 24.0. The van der Waals surface area contributed by atoms with Crippen molar-refractivity contribution in [1.82, 2.24) is 5.32 Å². The van der Waals surface area contributed by atoms with Crippen molar-refractivity contribution < 1.29 is 14.3 Å². The van der Waals surface area contributed by atoms with Crippen molar-refractivity contribution in [1.29, 1.82) is 0 Å². The second-order valence-electron chi connectivity index (χ2n) is 6.30. The highest BCUT2D eigenvalue weighted by Crippen LogP contribution is 2.26. The quantitative estimate of drug-likeness (QED) is 0.618. The zero-order chi connectivity index (χ0) is 20.6. The highest BCUT2D eigenvalue weighted by Gasteiger charge is 2.10. The van der Waals surface area contributed by atoms with Gasteiger partial charge in [0.25, 0.3) is 5.91 Å². The van der Waals surface area contributed by atoms with Crippen LogP contribution in [0.25, 0.3) is 17.2 Å². The third-order valence-corrected chi connectivity index (χ3v) is 4.39. The van der Waals surface area contributed by atoms with Crippen LogP contribution in [0.2, 0.25) is 0 Å². The van der Waals surface area contributed by atoms with Gasteiger partial charge in [0, 0.05) is 18.7 Å². The Labute approximate surface area is 170 Å². The third-order valence-electron chi connectivity index (χ3n) is 4.39. The smallest absolute Gasteiger partial charge is 0.251 e. The predicted octanol–water partition coefficient (Wildman–Crippen LogP) is 4.37. The average Bonchev–Trinajstić information content (AvgIpc) is 2.78. The Bertz CT molecular complexity index is 1030. The first-order valence-electron chi connectivity index (χ1n) is 9.15. The summed E-state index contributed by atoms with van der Waals surface area (Å²) in [6.45, 7) is 0. The molecule has 29 heavy (non-hydrogen) atoms. The van der Waals surface area contributed by atoms with E-state index in [1.165, 1.54) is 13.2 Å². The van der Waals surface area contributed by atoms with E-state index in [0.717, 1.165) is 16.7 Å². The summed E-state index contributed by atoms with van der Waals surface area (Å²) in [5, 5.41) is 5.32. The molecule has 0 heterocycles. The number of nitrogens with one attached hydrogen (secondary N) is 2. The van der Waals surface area contributed by atoms with E-state index in [1.54, 1.807) is 31.3 Å². The fourth-order valence-corrected chi connectivity index (χ4v) is 2.84. The molecule has 0 radical (unpaired) electrons. The standard InChI is InChI=1S/C24H22N2O3/c1-25-24(28)20-13-14-21(22(16-20)29-2)26-23(27)15-10-17-8-11-19(12-9-17)18-6-4-3-5-7-18/h3-16H,1-2H3,(H,25,28)(H,26,27)/b15-10+. The van der Waals surface area contributed by atoms with E-state index in [4.69, 9.17) is 4.74 Å². The second-order valence-corrected chi connectivity index (χ2v) is 6.30. The fourth-order valence-electron chi connectivity index (χ4n) is 2.84. The molecule has 0 aliphatic rings. The lowest BCUT2D eigenvalue weighted by molar-refractivity contribution is -0.111. The van der Waals surface area contributed by atoms with Gasteiger partial charge >= 0.3 is 0 Å². The van der Waals surface area contributed by atoms with Crippen LogP contribution in [0, 0.1) is 0 Å². The zero-order valence-electron chi connectivity index (χ0n) is 16.3. The van der Waals surface area contributed by atoms with Crippen molar-refractivity contribution in [3.63, 3.8) is 0 Å². The second kappa shape index (κ2) is 9.37. The molecule has 3 aromatic carbocycles. The first-order chi connectivity index (χ1) is 14.1. The molecule has 0 atom stereocenters. The molecule has 0 saturated carbocycles. The predicted molar refractivity (Wildman–Crippen MR) is 116 cm³/mol. The maximum atomic E-state index is 12.3. The summed E-state index contributed by atoms with van der Waals surface area (Å²) in [6, 6.07) is 22.9. The van der Waals surface area contributed by atoms with Gasteiger partial charge in [0.2, 0.25) is 5.91 Å². The molecule has 3 rings (SSSR count). The molecule has 146 valence electrons. The average molecular weight is 386 g/mol. The molecule has 0 aromatic heterocycles. The van der Waals surface area contributed by atoms with Crippen LogP contribution in [0.4, 0.5) is 5.69 Å². The Kier molecular flexibility index (Phi) is 6.43. The maximum absolute atomic E-state index is 12.3. The largest absolute Gasteiger partial charge is 0.495 e. The van der Waals surface area contributed by atoms with Gasteiger partial charge in [-0.05, 0) is 41.0 Å². The number of amides is 2. The van der Waals surface area contributed by atoms with Crippen molar-refractivity contribution in [2.45, 2.75) is 0 Å². The number of anilines is 1. The summed E-state index contributed by atoms with van der Waals surface area (Å²) in [5.41, 5.74) is 4.13. The molecule has 0 saturated heterocycles. The number of benzene rings is 3. The van der Waals surface area contributed by atoms with Crippen molar-refractivity contribution in [3.05, 3.63) is 90.0 Å². The maximum Gasteiger partial charge on any atom is 0.251 e. The van der Waals surface area contributed by atoms with Crippen LogP contribution in [0.15, 0.2) is 78.9 Å². The summed E-state index contributed by atoms with van der Waals surface area (Å²) in [7, 11) is 3.05. The van der Waals surface area contributed by atoms with E-state index < -0.39 is 0 Å². The van der Waals surface area contributed by atoms with E-state index >= 15 is 0 Å². The summed E-state index contributed by atoms with van der Waals surface area (Å²) >= 11 is 0. The number of methoxy groups -OCH3 is 1. The topological polar surface area (TPSA) is 67.4 Å². The van der Waals surface area contributed by atoms with Gasteiger partial charge in [0.05, 0.1) is 12.8 Å². The molecule has 5 heteroatoms. The lowest BCUT2D eigenvalue weighted by atomic mass is 10.0. The fraction of sp³-hybridized carbons (Fsp3) is 0.0833. The van der Waals surface area contributed by atoms with Gasteiger partial charge < -0.3 is 15.4 Å². The van der Waals surface area contributed by atoms with Crippen LogP contribution in [0.3, 0.4) is 0 Å². The van der Waals surface area contributed by atoms with Crippen molar-refractivity contribution in [2.75, 3.05) is 19.5 Å². The first-order valence-corrected chi connectivity index (χ1v) is 9.15. The molecule has 0 bridgehead atoms. The SMILES string of the molecule is CNC(=O)c1ccc(NC(=O)/C=C/c2ccc(-c3ccccc3)cc2)c(OC)c1. The third kappa shape index (κ3) is 5.11. The van der Waals surface area contributed by atoms with Gasteiger partial charge in [-0.2, -0.15) is 0 Å². The van der Waals surface area contributed by atoms with Crippen LogP contribution < -0.4 is 15.4 Å². The molecule has 5 nitrogen and oxygen atoms in total. The zero-order valence-corrected chi connectivity index (χ0v) is 16.3. The van der Waals surface area contributed by atoms with Crippen molar-refractivity contribution in [3.8, 4) is 16.9 Å². The van der Waals surface area contributed by atoms with Crippen LogP contribution in [-0.2, 0) is 4.79 Å². The number of carbonyl (C=O) groups is 2. The van der Waals surface area contributed by atoms with Crippen LogP contribution >= 0.6 is 0 Å². The lowest BCUT2D eigenvalue weighted by Gasteiger charge is -2.10. The van der Waals surface area contributed by atoms with Gasteiger partial charge in [-0.25, -0.2) is 0 Å². The molecule has 0 fully saturated rings. The molecule has 2 N–H and O–H groups in total. The van der Waals surface area contributed by atoms with E-state index in [9.17, 15) is 9.59 Å². The van der Waals surface area contributed by atoms with Crippen molar-refractivity contribution in [2.24, 2.45) is 0 Å². The molecular weight excluding hydrogens is 364 g/mol. The van der Waals surface area contributed by atoms with Crippen LogP contribution in [0.1, 0.15) is 15.9 Å². The summed E-state index contributed by atoms with van der Waals surface area (Å²) < 4.78 is 5.28. The number of carbonyl (C=O) groups excluding carboxylic acids is 2. The Morgan fingerprint density at radius 1 is 0.897 bits per heavy atom. The van der Waals surface area contributed by atoms with E-state index in [0.29, 0.717) is 17.0 Å². The number of ether oxygens (including phenoxy) is 1. The minimum absolute atomic E-state index is 0.222. The molecule has 2 amide bonds. The Hall–Kier alpha value is -3.86. The summed E-state index contributed by atoms with van der Waals surface area (Å²) in [5.74, 6) is -0.0942.